The van der Waals surface area contributed by atoms with Gasteiger partial charge < -0.3 is 4.52 Å². The predicted octanol–water partition coefficient (Wildman–Crippen LogP) is 4.20. The van der Waals surface area contributed by atoms with Crippen LogP contribution in [0.5, 0.6) is 0 Å². The van der Waals surface area contributed by atoms with Crippen LogP contribution in [0.15, 0.2) is 27.5 Å². The Hall–Kier alpha value is -1.43. The summed E-state index contributed by atoms with van der Waals surface area (Å²) in [6.07, 6.45) is 0. The summed E-state index contributed by atoms with van der Waals surface area (Å²) < 4.78 is 5.69. The Labute approximate surface area is 135 Å². The number of carbonyl (C=O) groups is 1. The molecule has 1 aromatic carbocycles. The zero-order chi connectivity index (χ0) is 15.7. The fourth-order valence-corrected chi connectivity index (χ4v) is 2.42. The third kappa shape index (κ3) is 2.95. The number of halogens is 3. The van der Waals surface area contributed by atoms with E-state index in [2.05, 4.69) is 0 Å². The molecule has 0 spiro atoms. The number of anilines is 1. The first-order valence-corrected chi connectivity index (χ1v) is 7.15. The van der Waals surface area contributed by atoms with E-state index in [4.69, 9.17) is 39.3 Å². The highest BCUT2D eigenvalue weighted by Crippen LogP contribution is 2.29. The molecule has 1 amide bonds. The SMILES string of the molecule is CCN(C(=O)n1oc(C)c(Cl)c1=O)c1ccc(Cl)cc1Cl. The minimum absolute atomic E-state index is 0.124. The van der Waals surface area contributed by atoms with Crippen LogP contribution in [0.4, 0.5) is 10.5 Å². The van der Waals surface area contributed by atoms with Crippen LogP contribution in [0.2, 0.25) is 15.1 Å². The molecule has 0 radical (unpaired) electrons. The van der Waals surface area contributed by atoms with Gasteiger partial charge in [0.05, 0.1) is 10.7 Å². The number of aryl methyl sites for hydroxylation is 1. The lowest BCUT2D eigenvalue weighted by Gasteiger charge is -2.21. The van der Waals surface area contributed by atoms with E-state index in [1.54, 1.807) is 19.1 Å². The Balaban J connectivity index is 2.48. The van der Waals surface area contributed by atoms with Crippen LogP contribution >= 0.6 is 34.8 Å². The van der Waals surface area contributed by atoms with Gasteiger partial charge in [-0.3, -0.25) is 9.69 Å². The van der Waals surface area contributed by atoms with Crippen molar-refractivity contribution in [3.63, 3.8) is 0 Å². The highest BCUT2D eigenvalue weighted by atomic mass is 35.5. The van der Waals surface area contributed by atoms with Crippen molar-refractivity contribution in [2.75, 3.05) is 11.4 Å². The molecular weight excluding hydrogens is 339 g/mol. The summed E-state index contributed by atoms with van der Waals surface area (Å²) >= 11 is 17.7. The largest absolute Gasteiger partial charge is 0.370 e. The Bertz CT molecular complexity index is 752. The van der Waals surface area contributed by atoms with Gasteiger partial charge in [0, 0.05) is 11.6 Å². The molecule has 0 aliphatic rings. The first-order chi connectivity index (χ1) is 9.86. The number of hydrogen-bond acceptors (Lipinski definition) is 3. The first-order valence-electron chi connectivity index (χ1n) is 6.02. The average molecular weight is 350 g/mol. The number of nitrogens with zero attached hydrogens (tertiary/aromatic N) is 2. The third-order valence-corrected chi connectivity index (χ3v) is 3.80. The van der Waals surface area contributed by atoms with Gasteiger partial charge >= 0.3 is 11.6 Å². The molecule has 1 heterocycles. The maximum Gasteiger partial charge on any atom is 0.365 e. The molecule has 0 aliphatic heterocycles. The van der Waals surface area contributed by atoms with Crippen molar-refractivity contribution in [2.24, 2.45) is 0 Å². The molecule has 0 bridgehead atoms. The molecule has 2 aromatic rings. The second-order valence-electron chi connectivity index (χ2n) is 4.18. The van der Waals surface area contributed by atoms with E-state index < -0.39 is 11.6 Å². The average Bonchev–Trinajstić information content (AvgIpc) is 2.69. The molecule has 0 fully saturated rings. The molecule has 112 valence electrons. The number of amides is 1. The normalized spacial score (nSPS) is 10.7. The van der Waals surface area contributed by atoms with Crippen molar-refractivity contribution >= 4 is 46.5 Å². The molecule has 0 saturated heterocycles. The molecule has 1 aromatic heterocycles. The zero-order valence-electron chi connectivity index (χ0n) is 11.2. The molecule has 0 saturated carbocycles. The summed E-state index contributed by atoms with van der Waals surface area (Å²) in [4.78, 5) is 25.6. The number of rotatable bonds is 2. The standard InChI is InChI=1S/C13H11Cl3N2O3/c1-3-17(10-5-4-8(14)6-9(10)15)13(20)18-12(19)11(16)7(2)21-18/h4-6H,3H2,1-2H3. The molecule has 0 N–H and O–H groups in total. The molecule has 0 unspecified atom stereocenters. The van der Waals surface area contributed by atoms with Gasteiger partial charge in [-0.25, -0.2) is 4.79 Å². The van der Waals surface area contributed by atoms with Crippen LogP contribution in [-0.2, 0) is 0 Å². The van der Waals surface area contributed by atoms with E-state index >= 15 is 0 Å². The van der Waals surface area contributed by atoms with Crippen LogP contribution in [0.1, 0.15) is 12.7 Å². The van der Waals surface area contributed by atoms with Crippen LogP contribution in [0, 0.1) is 6.92 Å². The Morgan fingerprint density at radius 1 is 1.33 bits per heavy atom. The summed E-state index contributed by atoms with van der Waals surface area (Å²) in [6, 6.07) is 4.02. The quantitative estimate of drug-likeness (QED) is 0.816. The lowest BCUT2D eigenvalue weighted by molar-refractivity contribution is 0.212. The second-order valence-corrected chi connectivity index (χ2v) is 5.41. The fraction of sp³-hybridized carbons (Fsp3) is 0.231. The van der Waals surface area contributed by atoms with Gasteiger partial charge in [-0.2, -0.15) is 0 Å². The summed E-state index contributed by atoms with van der Waals surface area (Å²) in [5, 5.41) is 0.614. The molecular formula is C13H11Cl3N2O3. The van der Waals surface area contributed by atoms with Crippen LogP contribution in [0.25, 0.3) is 0 Å². The van der Waals surface area contributed by atoms with E-state index in [1.165, 1.54) is 17.9 Å². The molecule has 5 nitrogen and oxygen atoms in total. The van der Waals surface area contributed by atoms with Crippen molar-refractivity contribution in [3.05, 3.63) is 49.4 Å². The Morgan fingerprint density at radius 2 is 2.00 bits per heavy atom. The van der Waals surface area contributed by atoms with Gasteiger partial charge in [0.1, 0.15) is 5.02 Å². The second kappa shape index (κ2) is 6.13. The van der Waals surface area contributed by atoms with E-state index in [1.807, 2.05) is 0 Å². The lowest BCUT2D eigenvalue weighted by atomic mass is 10.3. The van der Waals surface area contributed by atoms with Gasteiger partial charge in [-0.1, -0.05) is 39.5 Å². The minimum Gasteiger partial charge on any atom is -0.370 e. The topological polar surface area (TPSA) is 55.5 Å². The van der Waals surface area contributed by atoms with E-state index in [-0.39, 0.29) is 17.3 Å². The summed E-state index contributed by atoms with van der Waals surface area (Å²) in [5.74, 6) is 0.174. The molecule has 21 heavy (non-hydrogen) atoms. The smallest absolute Gasteiger partial charge is 0.365 e. The van der Waals surface area contributed by atoms with Gasteiger partial charge in [-0.15, -0.1) is 0 Å². The molecule has 2 rings (SSSR count). The van der Waals surface area contributed by atoms with E-state index in [0.717, 1.165) is 0 Å². The predicted molar refractivity (Wildman–Crippen MR) is 83.0 cm³/mol. The number of carbonyl (C=O) groups excluding carboxylic acids is 1. The van der Waals surface area contributed by atoms with E-state index in [9.17, 15) is 9.59 Å². The first kappa shape index (κ1) is 15.9. The molecule has 8 heteroatoms. The minimum atomic E-state index is -0.706. The van der Waals surface area contributed by atoms with Crippen LogP contribution in [-0.4, -0.2) is 17.3 Å². The number of hydrogen-bond donors (Lipinski definition) is 0. The number of aromatic nitrogens is 1. The Morgan fingerprint density at radius 3 is 2.48 bits per heavy atom. The number of benzene rings is 1. The van der Waals surface area contributed by atoms with Gasteiger partial charge in [-0.05, 0) is 32.0 Å². The monoisotopic (exact) mass is 348 g/mol. The highest BCUT2D eigenvalue weighted by Gasteiger charge is 2.24. The van der Waals surface area contributed by atoms with E-state index in [0.29, 0.717) is 20.5 Å². The van der Waals surface area contributed by atoms with Crippen molar-refractivity contribution < 1.29 is 9.32 Å². The zero-order valence-corrected chi connectivity index (χ0v) is 13.5. The van der Waals surface area contributed by atoms with Crippen molar-refractivity contribution in [2.45, 2.75) is 13.8 Å². The highest BCUT2D eigenvalue weighted by molar-refractivity contribution is 6.36. The fourth-order valence-electron chi connectivity index (χ4n) is 1.80. The third-order valence-electron chi connectivity index (χ3n) is 2.83. The van der Waals surface area contributed by atoms with Gasteiger partial charge in [0.2, 0.25) is 0 Å². The maximum atomic E-state index is 12.4. The van der Waals surface area contributed by atoms with Crippen LogP contribution in [0.3, 0.4) is 0 Å². The Kier molecular flexibility index (Phi) is 4.66. The molecule has 0 atom stereocenters. The summed E-state index contributed by atoms with van der Waals surface area (Å²) in [5.41, 5.74) is -0.284. The molecule has 0 aliphatic carbocycles. The van der Waals surface area contributed by atoms with Crippen molar-refractivity contribution in [1.29, 1.82) is 0 Å². The maximum absolute atomic E-state index is 12.4. The summed E-state index contributed by atoms with van der Waals surface area (Å²) in [7, 11) is 0. The van der Waals surface area contributed by atoms with Gasteiger partial charge in [0.15, 0.2) is 5.76 Å². The summed E-state index contributed by atoms with van der Waals surface area (Å²) in [6.45, 7) is 3.52. The van der Waals surface area contributed by atoms with Gasteiger partial charge in [0.25, 0.3) is 0 Å². The van der Waals surface area contributed by atoms with Crippen molar-refractivity contribution in [3.8, 4) is 0 Å². The van der Waals surface area contributed by atoms with Crippen molar-refractivity contribution in [1.82, 2.24) is 4.74 Å². The van der Waals surface area contributed by atoms with Crippen LogP contribution < -0.4 is 10.5 Å². The lowest BCUT2D eigenvalue weighted by Crippen LogP contribution is -2.38.